The first-order valence-corrected chi connectivity index (χ1v) is 6.62. The largest absolute Gasteiger partial charge is 0.497 e. The summed E-state index contributed by atoms with van der Waals surface area (Å²) in [6, 6.07) is 9.45. The molecule has 5 heteroatoms. The number of rotatable bonds is 5. The van der Waals surface area contributed by atoms with Crippen molar-refractivity contribution >= 4 is 15.9 Å². The summed E-state index contributed by atoms with van der Waals surface area (Å²) in [5.41, 5.74) is 7.49. The van der Waals surface area contributed by atoms with Crippen molar-refractivity contribution in [1.29, 1.82) is 0 Å². The van der Waals surface area contributed by atoms with Crippen molar-refractivity contribution in [3.05, 3.63) is 52.3 Å². The molecule has 0 saturated carbocycles. The molecule has 0 aliphatic carbocycles. The van der Waals surface area contributed by atoms with Crippen molar-refractivity contribution in [2.75, 3.05) is 7.11 Å². The molecule has 0 saturated heterocycles. The highest BCUT2D eigenvalue weighted by molar-refractivity contribution is 9.10. The molecular formula is C14H15BrN2O2. The topological polar surface area (TPSA) is 57.4 Å². The van der Waals surface area contributed by atoms with E-state index in [1.165, 1.54) is 0 Å². The summed E-state index contributed by atoms with van der Waals surface area (Å²) in [4.78, 5) is 4.26. The predicted molar refractivity (Wildman–Crippen MR) is 77.2 cm³/mol. The molecule has 0 aliphatic heterocycles. The Morgan fingerprint density at radius 1 is 1.26 bits per heavy atom. The van der Waals surface area contributed by atoms with Gasteiger partial charge in [-0.15, -0.1) is 0 Å². The minimum absolute atomic E-state index is 0.396. The van der Waals surface area contributed by atoms with Gasteiger partial charge in [-0.2, -0.15) is 0 Å². The number of benzene rings is 1. The van der Waals surface area contributed by atoms with Gasteiger partial charge in [-0.05, 0) is 34.1 Å². The lowest BCUT2D eigenvalue weighted by molar-refractivity contribution is 0.296. The van der Waals surface area contributed by atoms with Crippen LogP contribution in [-0.4, -0.2) is 12.1 Å². The molecular weight excluding hydrogens is 308 g/mol. The number of hydrogen-bond acceptors (Lipinski definition) is 4. The van der Waals surface area contributed by atoms with Crippen molar-refractivity contribution in [1.82, 2.24) is 4.98 Å². The van der Waals surface area contributed by atoms with E-state index in [4.69, 9.17) is 15.2 Å². The SMILES string of the molecule is COc1ccc(CN)c(OCc2ccc(Br)cn2)c1. The van der Waals surface area contributed by atoms with Crippen LogP contribution in [0.4, 0.5) is 0 Å². The highest BCUT2D eigenvalue weighted by Crippen LogP contribution is 2.25. The van der Waals surface area contributed by atoms with E-state index < -0.39 is 0 Å². The van der Waals surface area contributed by atoms with Crippen molar-refractivity contribution in [2.45, 2.75) is 13.2 Å². The van der Waals surface area contributed by atoms with Crippen LogP contribution in [0, 0.1) is 0 Å². The van der Waals surface area contributed by atoms with Crippen LogP contribution in [0.5, 0.6) is 11.5 Å². The molecule has 0 fully saturated rings. The quantitative estimate of drug-likeness (QED) is 0.919. The van der Waals surface area contributed by atoms with Crippen LogP contribution in [-0.2, 0) is 13.2 Å². The number of nitrogens with zero attached hydrogens (tertiary/aromatic N) is 1. The Kier molecular flexibility index (Phi) is 4.76. The summed E-state index contributed by atoms with van der Waals surface area (Å²) in [7, 11) is 1.62. The molecule has 0 radical (unpaired) electrons. The van der Waals surface area contributed by atoms with Gasteiger partial charge in [0.1, 0.15) is 18.1 Å². The summed E-state index contributed by atoms with van der Waals surface area (Å²) in [6.45, 7) is 0.820. The third-order valence-corrected chi connectivity index (χ3v) is 3.13. The summed E-state index contributed by atoms with van der Waals surface area (Å²) < 4.78 is 11.9. The lowest BCUT2D eigenvalue weighted by atomic mass is 10.2. The first-order valence-electron chi connectivity index (χ1n) is 5.83. The van der Waals surface area contributed by atoms with Gasteiger partial charge < -0.3 is 15.2 Å². The second-order valence-corrected chi connectivity index (χ2v) is 4.85. The molecule has 4 nitrogen and oxygen atoms in total. The maximum atomic E-state index is 5.76. The molecule has 1 heterocycles. The molecule has 0 unspecified atom stereocenters. The molecule has 0 aliphatic rings. The minimum atomic E-state index is 0.396. The van der Waals surface area contributed by atoms with Crippen molar-refractivity contribution in [2.24, 2.45) is 5.73 Å². The summed E-state index contributed by atoms with van der Waals surface area (Å²) in [6.07, 6.45) is 1.74. The van der Waals surface area contributed by atoms with Gasteiger partial charge in [-0.3, -0.25) is 4.98 Å². The van der Waals surface area contributed by atoms with Gasteiger partial charge >= 0.3 is 0 Å². The molecule has 2 aromatic rings. The van der Waals surface area contributed by atoms with Crippen LogP contribution in [0.2, 0.25) is 0 Å². The van der Waals surface area contributed by atoms with Crippen LogP contribution in [0.25, 0.3) is 0 Å². The molecule has 1 aromatic heterocycles. The van der Waals surface area contributed by atoms with E-state index in [9.17, 15) is 0 Å². The van der Waals surface area contributed by atoms with Crippen LogP contribution in [0.15, 0.2) is 41.0 Å². The van der Waals surface area contributed by atoms with Crippen LogP contribution in [0.1, 0.15) is 11.3 Å². The molecule has 2 rings (SSSR count). The number of pyridine rings is 1. The van der Waals surface area contributed by atoms with Gasteiger partial charge in [0, 0.05) is 28.8 Å². The van der Waals surface area contributed by atoms with Crippen molar-refractivity contribution in [3.63, 3.8) is 0 Å². The van der Waals surface area contributed by atoms with Gasteiger partial charge in [0.2, 0.25) is 0 Å². The standard InChI is InChI=1S/C14H15BrN2O2/c1-18-13-5-2-10(7-16)14(6-13)19-9-12-4-3-11(15)8-17-12/h2-6,8H,7,9,16H2,1H3. The van der Waals surface area contributed by atoms with Crippen LogP contribution < -0.4 is 15.2 Å². The zero-order valence-electron chi connectivity index (χ0n) is 10.6. The summed E-state index contributed by atoms with van der Waals surface area (Å²) in [5, 5.41) is 0. The maximum absolute atomic E-state index is 5.76. The Bertz CT molecular complexity index is 544. The Morgan fingerprint density at radius 3 is 2.74 bits per heavy atom. The third-order valence-electron chi connectivity index (χ3n) is 2.66. The van der Waals surface area contributed by atoms with Gasteiger partial charge in [-0.1, -0.05) is 6.07 Å². The van der Waals surface area contributed by atoms with Crippen molar-refractivity contribution in [3.8, 4) is 11.5 Å². The average molecular weight is 323 g/mol. The molecule has 0 amide bonds. The van der Waals surface area contributed by atoms with E-state index in [2.05, 4.69) is 20.9 Å². The van der Waals surface area contributed by atoms with E-state index in [1.807, 2.05) is 30.3 Å². The molecule has 0 bridgehead atoms. The minimum Gasteiger partial charge on any atom is -0.497 e. The number of methoxy groups -OCH3 is 1. The van der Waals surface area contributed by atoms with E-state index in [1.54, 1.807) is 13.3 Å². The molecule has 100 valence electrons. The van der Waals surface area contributed by atoms with Crippen LogP contribution >= 0.6 is 15.9 Å². The first-order chi connectivity index (χ1) is 9.22. The monoisotopic (exact) mass is 322 g/mol. The second-order valence-electron chi connectivity index (χ2n) is 3.93. The molecule has 2 N–H and O–H groups in total. The number of hydrogen-bond donors (Lipinski definition) is 1. The first kappa shape index (κ1) is 13.8. The Hall–Kier alpha value is -1.59. The molecule has 1 aromatic carbocycles. The van der Waals surface area contributed by atoms with Crippen LogP contribution in [0.3, 0.4) is 0 Å². The fourth-order valence-electron chi connectivity index (χ4n) is 1.61. The summed E-state index contributed by atoms with van der Waals surface area (Å²) >= 11 is 3.35. The fourth-order valence-corrected chi connectivity index (χ4v) is 1.84. The van der Waals surface area contributed by atoms with E-state index in [0.717, 1.165) is 27.2 Å². The summed E-state index contributed by atoms with van der Waals surface area (Å²) in [5.74, 6) is 1.47. The number of nitrogens with two attached hydrogens (primary N) is 1. The lowest BCUT2D eigenvalue weighted by Gasteiger charge is -2.11. The Morgan fingerprint density at radius 2 is 2.11 bits per heavy atom. The van der Waals surface area contributed by atoms with Gasteiger partial charge in [0.25, 0.3) is 0 Å². The Balaban J connectivity index is 2.11. The van der Waals surface area contributed by atoms with E-state index in [-0.39, 0.29) is 0 Å². The average Bonchev–Trinajstić information content (AvgIpc) is 2.46. The van der Waals surface area contributed by atoms with Gasteiger partial charge in [0.15, 0.2) is 0 Å². The highest BCUT2D eigenvalue weighted by Gasteiger charge is 2.05. The second kappa shape index (κ2) is 6.54. The van der Waals surface area contributed by atoms with E-state index in [0.29, 0.717) is 13.2 Å². The lowest BCUT2D eigenvalue weighted by Crippen LogP contribution is -2.04. The van der Waals surface area contributed by atoms with Gasteiger partial charge in [-0.25, -0.2) is 0 Å². The molecule has 0 spiro atoms. The van der Waals surface area contributed by atoms with E-state index >= 15 is 0 Å². The third kappa shape index (κ3) is 3.68. The molecule has 0 atom stereocenters. The number of aromatic nitrogens is 1. The zero-order valence-corrected chi connectivity index (χ0v) is 12.2. The highest BCUT2D eigenvalue weighted by atomic mass is 79.9. The predicted octanol–water partition coefficient (Wildman–Crippen LogP) is 2.89. The molecule has 19 heavy (non-hydrogen) atoms. The van der Waals surface area contributed by atoms with Gasteiger partial charge in [0.05, 0.1) is 12.8 Å². The zero-order chi connectivity index (χ0) is 13.7. The smallest absolute Gasteiger partial charge is 0.130 e. The Labute approximate surface area is 120 Å². The normalized spacial score (nSPS) is 10.3. The number of ether oxygens (including phenoxy) is 2. The van der Waals surface area contributed by atoms with Crippen molar-refractivity contribution < 1.29 is 9.47 Å². The maximum Gasteiger partial charge on any atom is 0.130 e. The fraction of sp³-hybridized carbons (Fsp3) is 0.214. The number of halogens is 1.